The van der Waals surface area contributed by atoms with Crippen LogP contribution in [0.2, 0.25) is 0 Å². The fraction of sp³-hybridized carbons (Fsp3) is 0.125. The number of halogens is 1. The second-order valence-corrected chi connectivity index (χ2v) is 5.05. The van der Waals surface area contributed by atoms with Crippen molar-refractivity contribution >= 4 is 11.7 Å². The number of aryl methyl sites for hydroxylation is 1. The Balaban J connectivity index is 1.97. The van der Waals surface area contributed by atoms with Gasteiger partial charge in [-0.05, 0) is 24.1 Å². The third-order valence-corrected chi connectivity index (χ3v) is 3.46. The van der Waals surface area contributed by atoms with Crippen LogP contribution < -0.4 is 10.9 Å². The Kier molecular flexibility index (Phi) is 4.19. The zero-order chi connectivity index (χ0) is 17.1. The molecule has 24 heavy (non-hydrogen) atoms. The summed E-state index contributed by atoms with van der Waals surface area (Å²) < 4.78 is 13.1. The average Bonchev–Trinajstić information content (AvgIpc) is 2.98. The third-order valence-electron chi connectivity index (χ3n) is 3.46. The molecule has 8 heteroatoms. The molecular formula is C16H14FN5O2. The number of anilines is 1. The number of hydrogen-bond donors (Lipinski definition) is 3. The molecule has 1 aromatic carbocycles. The van der Waals surface area contributed by atoms with Gasteiger partial charge in [0.1, 0.15) is 11.5 Å². The zero-order valence-electron chi connectivity index (χ0n) is 12.8. The predicted octanol–water partition coefficient (Wildman–Crippen LogP) is 2.11. The maximum atomic E-state index is 13.1. The Morgan fingerprint density at radius 1 is 1.25 bits per heavy atom. The number of carbonyl (C=O) groups excluding carboxylic acids is 1. The van der Waals surface area contributed by atoms with E-state index >= 15 is 0 Å². The lowest BCUT2D eigenvalue weighted by atomic mass is 10.0. The van der Waals surface area contributed by atoms with Crippen LogP contribution in [0, 0.1) is 5.82 Å². The first-order valence-corrected chi connectivity index (χ1v) is 7.27. The van der Waals surface area contributed by atoms with Crippen LogP contribution in [-0.4, -0.2) is 26.1 Å². The van der Waals surface area contributed by atoms with Gasteiger partial charge in [0.25, 0.3) is 11.5 Å². The molecule has 122 valence electrons. The van der Waals surface area contributed by atoms with Crippen molar-refractivity contribution in [2.75, 3.05) is 5.32 Å². The summed E-state index contributed by atoms with van der Waals surface area (Å²) in [4.78, 5) is 29.6. The van der Waals surface area contributed by atoms with E-state index in [1.54, 1.807) is 12.1 Å². The lowest BCUT2D eigenvalue weighted by molar-refractivity contribution is 0.102. The SMILES string of the molecule is CCc1[nH]nc(NC(=O)c2cncc(=O)[nH]2)c1-c1ccc(F)cc1. The maximum absolute atomic E-state index is 13.1. The van der Waals surface area contributed by atoms with E-state index in [-0.39, 0.29) is 11.5 Å². The van der Waals surface area contributed by atoms with Gasteiger partial charge in [0, 0.05) is 11.3 Å². The Morgan fingerprint density at radius 3 is 2.67 bits per heavy atom. The highest BCUT2D eigenvalue weighted by molar-refractivity contribution is 6.04. The zero-order valence-corrected chi connectivity index (χ0v) is 12.8. The van der Waals surface area contributed by atoms with Gasteiger partial charge in [-0.1, -0.05) is 19.1 Å². The van der Waals surface area contributed by atoms with Gasteiger partial charge in [-0.3, -0.25) is 19.7 Å². The number of nitrogens with one attached hydrogen (secondary N) is 3. The minimum Gasteiger partial charge on any atom is -0.315 e. The molecule has 3 aromatic rings. The first-order chi connectivity index (χ1) is 11.6. The van der Waals surface area contributed by atoms with Crippen LogP contribution >= 0.6 is 0 Å². The summed E-state index contributed by atoms with van der Waals surface area (Å²) in [5, 5.41) is 9.61. The van der Waals surface area contributed by atoms with Gasteiger partial charge in [-0.2, -0.15) is 5.10 Å². The number of H-pyrrole nitrogens is 2. The van der Waals surface area contributed by atoms with Gasteiger partial charge in [-0.25, -0.2) is 4.39 Å². The highest BCUT2D eigenvalue weighted by Crippen LogP contribution is 2.30. The highest BCUT2D eigenvalue weighted by atomic mass is 19.1. The van der Waals surface area contributed by atoms with Crippen molar-refractivity contribution in [2.24, 2.45) is 0 Å². The number of rotatable bonds is 4. The van der Waals surface area contributed by atoms with Crippen LogP contribution in [0.5, 0.6) is 0 Å². The number of aromatic amines is 2. The molecule has 2 heterocycles. The Labute approximate surface area is 136 Å². The van der Waals surface area contributed by atoms with Gasteiger partial charge < -0.3 is 10.3 Å². The summed E-state index contributed by atoms with van der Waals surface area (Å²) in [6.45, 7) is 1.94. The topological polar surface area (TPSA) is 104 Å². The first-order valence-electron chi connectivity index (χ1n) is 7.27. The average molecular weight is 327 g/mol. The van der Waals surface area contributed by atoms with E-state index in [1.165, 1.54) is 18.3 Å². The van der Waals surface area contributed by atoms with E-state index in [0.29, 0.717) is 17.8 Å². The molecule has 2 aromatic heterocycles. The van der Waals surface area contributed by atoms with Crippen molar-refractivity contribution in [2.45, 2.75) is 13.3 Å². The summed E-state index contributed by atoms with van der Waals surface area (Å²) in [7, 11) is 0. The quantitative estimate of drug-likeness (QED) is 0.683. The molecule has 3 rings (SSSR count). The second-order valence-electron chi connectivity index (χ2n) is 5.05. The van der Waals surface area contributed by atoms with E-state index in [4.69, 9.17) is 0 Å². The van der Waals surface area contributed by atoms with Gasteiger partial charge in [0.15, 0.2) is 5.82 Å². The van der Waals surface area contributed by atoms with E-state index in [1.807, 2.05) is 6.92 Å². The summed E-state index contributed by atoms with van der Waals surface area (Å²) >= 11 is 0. The van der Waals surface area contributed by atoms with Crippen LogP contribution in [0.1, 0.15) is 23.1 Å². The standard InChI is InChI=1S/C16H14FN5O2/c1-2-11-14(9-3-5-10(17)6-4-9)15(22-21-11)20-16(24)12-7-18-8-13(23)19-12/h3-8H,2H2,1H3,(H,19,23)(H2,20,21,22,24). The fourth-order valence-electron chi connectivity index (χ4n) is 2.32. The number of nitrogens with zero attached hydrogens (tertiary/aromatic N) is 2. The predicted molar refractivity (Wildman–Crippen MR) is 86.2 cm³/mol. The molecule has 0 saturated heterocycles. The van der Waals surface area contributed by atoms with Gasteiger partial charge in [0.2, 0.25) is 0 Å². The number of carbonyl (C=O) groups is 1. The van der Waals surface area contributed by atoms with Crippen LogP contribution in [0.15, 0.2) is 41.5 Å². The van der Waals surface area contributed by atoms with Gasteiger partial charge >= 0.3 is 0 Å². The summed E-state index contributed by atoms with van der Waals surface area (Å²) in [5.74, 6) is -0.593. The van der Waals surface area contributed by atoms with Crippen molar-refractivity contribution in [3.8, 4) is 11.1 Å². The minimum absolute atomic E-state index is 0.0219. The van der Waals surface area contributed by atoms with E-state index in [9.17, 15) is 14.0 Å². The summed E-state index contributed by atoms with van der Waals surface area (Å²) in [5.41, 5.74) is 1.75. The van der Waals surface area contributed by atoms with Crippen molar-refractivity contribution in [3.63, 3.8) is 0 Å². The third kappa shape index (κ3) is 3.07. The van der Waals surface area contributed by atoms with Crippen LogP contribution in [-0.2, 0) is 6.42 Å². The normalized spacial score (nSPS) is 10.6. The Hall–Kier alpha value is -3.29. The molecule has 0 fully saturated rings. The minimum atomic E-state index is -0.544. The Morgan fingerprint density at radius 2 is 2.00 bits per heavy atom. The van der Waals surface area contributed by atoms with Crippen LogP contribution in [0.25, 0.3) is 11.1 Å². The monoisotopic (exact) mass is 327 g/mol. The van der Waals surface area contributed by atoms with Crippen LogP contribution in [0.3, 0.4) is 0 Å². The summed E-state index contributed by atoms with van der Waals surface area (Å²) in [6.07, 6.45) is 2.98. The van der Waals surface area contributed by atoms with E-state index in [2.05, 4.69) is 25.5 Å². The van der Waals surface area contributed by atoms with Crippen molar-refractivity contribution < 1.29 is 9.18 Å². The molecule has 0 aliphatic carbocycles. The number of amides is 1. The van der Waals surface area contributed by atoms with Gasteiger partial charge in [0.05, 0.1) is 12.4 Å². The molecule has 1 amide bonds. The molecule has 0 radical (unpaired) electrons. The number of benzene rings is 1. The molecule has 0 aliphatic rings. The van der Waals surface area contributed by atoms with Crippen molar-refractivity contribution in [3.05, 3.63) is 64.2 Å². The molecule has 0 bridgehead atoms. The first kappa shape index (κ1) is 15.6. The smallest absolute Gasteiger partial charge is 0.275 e. The molecular weight excluding hydrogens is 313 g/mol. The lowest BCUT2D eigenvalue weighted by Crippen LogP contribution is -2.19. The highest BCUT2D eigenvalue weighted by Gasteiger charge is 2.17. The molecule has 0 unspecified atom stereocenters. The largest absolute Gasteiger partial charge is 0.315 e. The van der Waals surface area contributed by atoms with E-state index < -0.39 is 11.5 Å². The molecule has 0 spiro atoms. The summed E-state index contributed by atoms with van der Waals surface area (Å²) in [6, 6.07) is 5.90. The maximum Gasteiger partial charge on any atom is 0.275 e. The molecule has 7 nitrogen and oxygen atoms in total. The molecule has 0 saturated carbocycles. The lowest BCUT2D eigenvalue weighted by Gasteiger charge is -2.07. The molecule has 3 N–H and O–H groups in total. The molecule has 0 aliphatic heterocycles. The Bertz CT molecular complexity index is 930. The van der Waals surface area contributed by atoms with E-state index in [0.717, 1.165) is 17.5 Å². The molecule has 0 atom stereocenters. The van der Waals surface area contributed by atoms with Crippen molar-refractivity contribution in [1.82, 2.24) is 20.2 Å². The number of hydrogen-bond acceptors (Lipinski definition) is 4. The fourth-order valence-corrected chi connectivity index (χ4v) is 2.32. The van der Waals surface area contributed by atoms with Crippen molar-refractivity contribution in [1.29, 1.82) is 0 Å². The number of aromatic nitrogens is 4. The van der Waals surface area contributed by atoms with Crippen LogP contribution in [0.4, 0.5) is 10.2 Å². The van der Waals surface area contributed by atoms with Gasteiger partial charge in [-0.15, -0.1) is 0 Å². The second kappa shape index (κ2) is 6.45.